The molecule has 2 aromatic carbocycles. The molecule has 0 radical (unpaired) electrons. The number of nitrogens with one attached hydrogen (secondary N) is 1. The number of benzene rings is 2. The first-order valence-corrected chi connectivity index (χ1v) is 10.5. The number of rotatable bonds is 7. The van der Waals surface area contributed by atoms with Gasteiger partial charge in [-0.05, 0) is 48.0 Å². The molecular weight excluding hydrogens is 418 g/mol. The van der Waals surface area contributed by atoms with Gasteiger partial charge in [-0.15, -0.1) is 5.10 Å². The van der Waals surface area contributed by atoms with Crippen molar-refractivity contribution >= 4 is 38.6 Å². The maximum atomic E-state index is 12.3. The molecule has 0 aliphatic heterocycles. The fourth-order valence-electron chi connectivity index (χ4n) is 2.61. The lowest BCUT2D eigenvalue weighted by atomic mass is 10.1. The molecule has 3 rings (SSSR count). The average Bonchev–Trinajstić information content (AvgIpc) is 3.08. The van der Waals surface area contributed by atoms with Crippen LogP contribution in [-0.4, -0.2) is 54.5 Å². The van der Waals surface area contributed by atoms with Gasteiger partial charge in [0, 0.05) is 19.1 Å². The molecule has 1 amide bonds. The van der Waals surface area contributed by atoms with Gasteiger partial charge in [-0.3, -0.25) is 4.79 Å². The van der Waals surface area contributed by atoms with Crippen LogP contribution in [0.3, 0.4) is 0 Å². The van der Waals surface area contributed by atoms with E-state index >= 15 is 0 Å². The fraction of sp³-hybridized carbons (Fsp3) is 0.278. The van der Waals surface area contributed by atoms with Crippen LogP contribution < -0.4 is 10.2 Å². The lowest BCUT2D eigenvalue weighted by molar-refractivity contribution is -0.127. The zero-order valence-electron chi connectivity index (χ0n) is 16.0. The van der Waals surface area contributed by atoms with Crippen molar-refractivity contribution in [3.63, 3.8) is 0 Å². The van der Waals surface area contributed by atoms with Crippen molar-refractivity contribution in [2.45, 2.75) is 17.9 Å². The van der Waals surface area contributed by atoms with Crippen molar-refractivity contribution in [1.29, 1.82) is 0 Å². The van der Waals surface area contributed by atoms with Crippen LogP contribution >= 0.6 is 11.6 Å². The lowest BCUT2D eigenvalue weighted by Gasteiger charge is -2.15. The smallest absolute Gasteiger partial charge is 0.261 e. The Morgan fingerprint density at radius 3 is 2.72 bits per heavy atom. The van der Waals surface area contributed by atoms with Gasteiger partial charge in [0.25, 0.3) is 5.91 Å². The van der Waals surface area contributed by atoms with Crippen molar-refractivity contribution in [3.05, 3.63) is 53.1 Å². The molecule has 1 heterocycles. The summed E-state index contributed by atoms with van der Waals surface area (Å²) in [6, 6.07) is 11.3. The summed E-state index contributed by atoms with van der Waals surface area (Å²) in [5, 5.41) is 11.1. The Morgan fingerprint density at radius 1 is 1.28 bits per heavy atom. The van der Waals surface area contributed by atoms with Crippen LogP contribution in [0.4, 0.5) is 0 Å². The third kappa shape index (κ3) is 4.66. The van der Waals surface area contributed by atoms with E-state index in [0.717, 1.165) is 14.7 Å². The Kier molecular flexibility index (Phi) is 6.06. The van der Waals surface area contributed by atoms with Gasteiger partial charge in [-0.2, -0.15) is 0 Å². The molecule has 1 unspecified atom stereocenters. The van der Waals surface area contributed by atoms with E-state index in [1.807, 2.05) is 13.0 Å². The third-order valence-corrected chi connectivity index (χ3v) is 6.26. The predicted octanol–water partition coefficient (Wildman–Crippen LogP) is 1.64. The van der Waals surface area contributed by atoms with Crippen molar-refractivity contribution in [1.82, 2.24) is 24.8 Å². The Morgan fingerprint density at radius 2 is 2.03 bits per heavy atom. The second kappa shape index (κ2) is 8.36. The van der Waals surface area contributed by atoms with E-state index in [4.69, 9.17) is 16.4 Å². The molecule has 154 valence electrons. The molecule has 1 N–H and O–H groups in total. The van der Waals surface area contributed by atoms with Crippen LogP contribution in [0, 0.1) is 0 Å². The molecule has 0 spiro atoms. The number of carbonyl (C=O) groups is 1. The molecule has 1 atom stereocenters. The Bertz CT molecular complexity index is 1150. The second-order valence-electron chi connectivity index (χ2n) is 6.52. The molecule has 29 heavy (non-hydrogen) atoms. The first-order chi connectivity index (χ1) is 13.7. The lowest BCUT2D eigenvalue weighted by Crippen LogP contribution is -2.33. The summed E-state index contributed by atoms with van der Waals surface area (Å²) < 4.78 is 25.7. The van der Waals surface area contributed by atoms with Crippen LogP contribution in [0.15, 0.2) is 47.4 Å². The van der Waals surface area contributed by atoms with Gasteiger partial charge >= 0.3 is 0 Å². The fourth-order valence-corrected chi connectivity index (χ4v) is 3.73. The topological polar surface area (TPSA) is 106 Å². The van der Waals surface area contributed by atoms with E-state index in [0.29, 0.717) is 16.1 Å². The number of sulfonamides is 1. The maximum Gasteiger partial charge on any atom is 0.261 e. The number of nitrogens with zero attached hydrogens (tertiary/aromatic N) is 4. The van der Waals surface area contributed by atoms with E-state index < -0.39 is 10.0 Å². The standard InChI is InChI=1S/C18H20ClN5O4S/c1-12(13-5-4-6-14(19)9-13)20-18(25)11-28-24-17-10-15(29(26,27)23(2)3)7-8-16(17)21-22-24/h4-10,12H,11H2,1-3H3,(H,20,25). The molecule has 0 aliphatic rings. The van der Waals surface area contributed by atoms with Gasteiger partial charge < -0.3 is 10.2 Å². The zero-order valence-corrected chi connectivity index (χ0v) is 17.6. The number of carbonyl (C=O) groups excluding carboxylic acids is 1. The van der Waals surface area contributed by atoms with Gasteiger partial charge in [0.2, 0.25) is 10.0 Å². The predicted molar refractivity (Wildman–Crippen MR) is 108 cm³/mol. The highest BCUT2D eigenvalue weighted by molar-refractivity contribution is 7.89. The summed E-state index contributed by atoms with van der Waals surface area (Å²) in [5.41, 5.74) is 1.63. The molecule has 9 nitrogen and oxygen atoms in total. The largest absolute Gasteiger partial charge is 0.385 e. The Hall–Kier alpha value is -2.69. The van der Waals surface area contributed by atoms with E-state index in [9.17, 15) is 13.2 Å². The summed E-state index contributed by atoms with van der Waals surface area (Å²) in [7, 11) is -0.743. The maximum absolute atomic E-state index is 12.3. The molecule has 0 bridgehead atoms. The van der Waals surface area contributed by atoms with Gasteiger partial charge in [0.1, 0.15) is 11.0 Å². The van der Waals surface area contributed by atoms with Crippen LogP contribution in [0.1, 0.15) is 18.5 Å². The minimum absolute atomic E-state index is 0.0705. The van der Waals surface area contributed by atoms with Gasteiger partial charge in [0.15, 0.2) is 6.61 Å². The van der Waals surface area contributed by atoms with Crippen molar-refractivity contribution in [2.24, 2.45) is 0 Å². The summed E-state index contributed by atoms with van der Waals surface area (Å²) >= 11 is 5.97. The van der Waals surface area contributed by atoms with Gasteiger partial charge in [0.05, 0.1) is 10.9 Å². The minimum atomic E-state index is -3.63. The average molecular weight is 438 g/mol. The number of hydrogen-bond acceptors (Lipinski definition) is 6. The first-order valence-electron chi connectivity index (χ1n) is 8.64. The molecule has 3 aromatic rings. The van der Waals surface area contributed by atoms with Crippen LogP contribution in [0.25, 0.3) is 11.0 Å². The molecular formula is C18H20ClN5O4S. The van der Waals surface area contributed by atoms with E-state index in [1.165, 1.54) is 32.3 Å². The SMILES string of the molecule is CC(NC(=O)COn1nnc2ccc(S(=O)(=O)N(C)C)cc21)c1cccc(Cl)c1. The van der Waals surface area contributed by atoms with Crippen molar-refractivity contribution < 1.29 is 18.0 Å². The first kappa shape index (κ1) is 21.0. The van der Waals surface area contributed by atoms with E-state index in [-0.39, 0.29) is 23.5 Å². The van der Waals surface area contributed by atoms with E-state index in [2.05, 4.69) is 15.6 Å². The third-order valence-electron chi connectivity index (χ3n) is 4.21. The summed E-state index contributed by atoms with van der Waals surface area (Å²) in [6.07, 6.45) is 0. The number of hydrogen-bond donors (Lipinski definition) is 1. The number of aromatic nitrogens is 3. The molecule has 0 fully saturated rings. The van der Waals surface area contributed by atoms with Crippen LogP contribution in [0.5, 0.6) is 0 Å². The monoisotopic (exact) mass is 437 g/mol. The van der Waals surface area contributed by atoms with Crippen molar-refractivity contribution in [3.8, 4) is 0 Å². The normalized spacial score (nSPS) is 12.9. The summed E-state index contributed by atoms with van der Waals surface area (Å²) in [6.45, 7) is 1.50. The minimum Gasteiger partial charge on any atom is -0.385 e. The number of halogens is 1. The molecule has 11 heteroatoms. The van der Waals surface area contributed by atoms with Gasteiger partial charge in [-0.25, -0.2) is 12.7 Å². The Labute approximate surface area is 173 Å². The van der Waals surface area contributed by atoms with Crippen molar-refractivity contribution in [2.75, 3.05) is 20.7 Å². The zero-order chi connectivity index (χ0) is 21.2. The van der Waals surface area contributed by atoms with E-state index in [1.54, 1.807) is 18.2 Å². The number of fused-ring (bicyclic) bond motifs is 1. The Balaban J connectivity index is 1.71. The van der Waals surface area contributed by atoms with Gasteiger partial charge in [-0.1, -0.05) is 28.6 Å². The summed E-state index contributed by atoms with van der Waals surface area (Å²) in [4.78, 5) is 18.7. The molecule has 0 saturated heterocycles. The second-order valence-corrected chi connectivity index (χ2v) is 9.11. The highest BCUT2D eigenvalue weighted by Crippen LogP contribution is 2.19. The summed E-state index contributed by atoms with van der Waals surface area (Å²) in [5.74, 6) is -0.377. The molecule has 0 saturated carbocycles. The highest BCUT2D eigenvalue weighted by atomic mass is 35.5. The molecule has 0 aliphatic carbocycles. The highest BCUT2D eigenvalue weighted by Gasteiger charge is 2.19. The number of amides is 1. The van der Waals surface area contributed by atoms with Crippen LogP contribution in [0.2, 0.25) is 5.02 Å². The molecule has 1 aromatic heterocycles. The van der Waals surface area contributed by atoms with Crippen LogP contribution in [-0.2, 0) is 14.8 Å². The quantitative estimate of drug-likeness (QED) is 0.602.